The fraction of sp³-hybridized carbons (Fsp3) is 0.538. The molecule has 0 N–H and O–H groups in total. The quantitative estimate of drug-likeness (QED) is 0.289. The van der Waals surface area contributed by atoms with Crippen LogP contribution in [0.1, 0.15) is 39.5 Å². The summed E-state index contributed by atoms with van der Waals surface area (Å²) >= 11 is 0. The Morgan fingerprint density at radius 3 is 2.31 bits per heavy atom. The highest BCUT2D eigenvalue weighted by Crippen LogP contribution is 2.08. The molecule has 16 heavy (non-hydrogen) atoms. The van der Waals surface area contributed by atoms with Crippen LogP contribution < -0.4 is 0 Å². The van der Waals surface area contributed by atoms with Crippen molar-refractivity contribution in [3.8, 4) is 0 Å². The second kappa shape index (κ2) is 8.89. The molecule has 0 aliphatic heterocycles. The van der Waals surface area contributed by atoms with E-state index < -0.39 is 0 Å². The SMILES string of the molecule is COC(=O)CC/C=C(\C)CC/C=C(\C)C=O. The molecule has 3 nitrogen and oxygen atoms in total. The normalized spacial score (nSPS) is 12.4. The summed E-state index contributed by atoms with van der Waals surface area (Å²) in [5, 5.41) is 0. The Morgan fingerprint density at radius 1 is 1.12 bits per heavy atom. The van der Waals surface area contributed by atoms with E-state index in [9.17, 15) is 9.59 Å². The first-order valence-corrected chi connectivity index (χ1v) is 5.44. The molecule has 90 valence electrons. The predicted molar refractivity (Wildman–Crippen MR) is 64.1 cm³/mol. The molecule has 0 aromatic heterocycles. The minimum atomic E-state index is -0.180. The van der Waals surface area contributed by atoms with E-state index in [4.69, 9.17) is 0 Å². The molecule has 0 unspecified atom stereocenters. The van der Waals surface area contributed by atoms with Crippen LogP contribution in [0.2, 0.25) is 0 Å². The molecule has 0 saturated carbocycles. The maximum Gasteiger partial charge on any atom is 0.305 e. The molecule has 0 saturated heterocycles. The molecule has 0 atom stereocenters. The molecule has 0 radical (unpaired) electrons. The van der Waals surface area contributed by atoms with E-state index in [-0.39, 0.29) is 5.97 Å². The Bertz CT molecular complexity index is 288. The zero-order valence-electron chi connectivity index (χ0n) is 10.3. The lowest BCUT2D eigenvalue weighted by atomic mass is 10.1. The van der Waals surface area contributed by atoms with Gasteiger partial charge in [-0.25, -0.2) is 0 Å². The van der Waals surface area contributed by atoms with E-state index in [1.165, 1.54) is 12.7 Å². The first-order chi connectivity index (χ1) is 7.60. The Kier molecular flexibility index (Phi) is 8.12. The first-order valence-electron chi connectivity index (χ1n) is 5.44. The smallest absolute Gasteiger partial charge is 0.305 e. The van der Waals surface area contributed by atoms with E-state index in [2.05, 4.69) is 4.74 Å². The number of esters is 1. The summed E-state index contributed by atoms with van der Waals surface area (Å²) in [6.07, 6.45) is 7.76. The van der Waals surface area contributed by atoms with Gasteiger partial charge in [0.1, 0.15) is 6.29 Å². The number of rotatable bonds is 7. The van der Waals surface area contributed by atoms with Crippen LogP contribution in [0.5, 0.6) is 0 Å². The molecule has 0 aromatic carbocycles. The van der Waals surface area contributed by atoms with Gasteiger partial charge in [0.25, 0.3) is 0 Å². The third-order valence-corrected chi connectivity index (χ3v) is 2.26. The maximum absolute atomic E-state index is 10.8. The summed E-state index contributed by atoms with van der Waals surface area (Å²) in [6.45, 7) is 3.82. The highest BCUT2D eigenvalue weighted by atomic mass is 16.5. The zero-order valence-corrected chi connectivity index (χ0v) is 10.3. The average Bonchev–Trinajstić information content (AvgIpc) is 2.28. The zero-order chi connectivity index (χ0) is 12.4. The number of ether oxygens (including phenoxy) is 1. The van der Waals surface area contributed by atoms with E-state index in [0.29, 0.717) is 6.42 Å². The lowest BCUT2D eigenvalue weighted by Gasteiger charge is -1.99. The highest BCUT2D eigenvalue weighted by molar-refractivity contribution is 5.71. The fourth-order valence-corrected chi connectivity index (χ4v) is 1.22. The molecular formula is C13H20O3. The lowest BCUT2D eigenvalue weighted by Crippen LogP contribution is -1.98. The van der Waals surface area contributed by atoms with Gasteiger partial charge in [-0.1, -0.05) is 17.7 Å². The van der Waals surface area contributed by atoms with E-state index >= 15 is 0 Å². The van der Waals surface area contributed by atoms with Crippen LogP contribution in [-0.4, -0.2) is 19.4 Å². The van der Waals surface area contributed by atoms with Gasteiger partial charge in [-0.2, -0.15) is 0 Å². The average molecular weight is 224 g/mol. The summed E-state index contributed by atoms with van der Waals surface area (Å²) in [7, 11) is 1.39. The number of hydrogen-bond acceptors (Lipinski definition) is 3. The minimum absolute atomic E-state index is 0.180. The molecule has 0 aromatic rings. The van der Waals surface area contributed by atoms with Crippen molar-refractivity contribution < 1.29 is 14.3 Å². The Hall–Kier alpha value is -1.38. The monoisotopic (exact) mass is 224 g/mol. The molecule has 0 aliphatic carbocycles. The van der Waals surface area contributed by atoms with Gasteiger partial charge in [0.05, 0.1) is 7.11 Å². The number of hydrogen-bond donors (Lipinski definition) is 0. The molecule has 0 heterocycles. The van der Waals surface area contributed by atoms with Crippen LogP contribution >= 0.6 is 0 Å². The third-order valence-electron chi connectivity index (χ3n) is 2.26. The summed E-state index contributed by atoms with van der Waals surface area (Å²) in [5.74, 6) is -0.180. The van der Waals surface area contributed by atoms with Gasteiger partial charge >= 0.3 is 5.97 Å². The lowest BCUT2D eigenvalue weighted by molar-refractivity contribution is -0.140. The second-order valence-electron chi connectivity index (χ2n) is 3.77. The highest BCUT2D eigenvalue weighted by Gasteiger charge is 1.97. The van der Waals surface area contributed by atoms with Crippen molar-refractivity contribution in [1.29, 1.82) is 0 Å². The van der Waals surface area contributed by atoms with Crippen LogP contribution in [0.25, 0.3) is 0 Å². The molecule has 0 bridgehead atoms. The summed E-state index contributed by atoms with van der Waals surface area (Å²) in [4.78, 5) is 21.2. The van der Waals surface area contributed by atoms with Crippen LogP contribution in [0.3, 0.4) is 0 Å². The van der Waals surface area contributed by atoms with Crippen molar-refractivity contribution in [2.45, 2.75) is 39.5 Å². The van der Waals surface area contributed by atoms with E-state index in [1.54, 1.807) is 6.92 Å². The van der Waals surface area contributed by atoms with Gasteiger partial charge in [-0.05, 0) is 38.7 Å². The number of carbonyl (C=O) groups is 2. The maximum atomic E-state index is 10.8. The van der Waals surface area contributed by atoms with Crippen molar-refractivity contribution in [3.05, 3.63) is 23.3 Å². The molecule has 0 spiro atoms. The third kappa shape index (κ3) is 7.97. The Morgan fingerprint density at radius 2 is 1.75 bits per heavy atom. The number of aldehydes is 1. The van der Waals surface area contributed by atoms with Gasteiger partial charge in [-0.15, -0.1) is 0 Å². The molecule has 3 heteroatoms. The topological polar surface area (TPSA) is 43.4 Å². The van der Waals surface area contributed by atoms with Gasteiger partial charge in [0, 0.05) is 6.42 Å². The molecule has 0 fully saturated rings. The van der Waals surface area contributed by atoms with Crippen molar-refractivity contribution >= 4 is 12.3 Å². The van der Waals surface area contributed by atoms with E-state index in [1.807, 2.05) is 19.1 Å². The van der Waals surface area contributed by atoms with Crippen LogP contribution in [0, 0.1) is 0 Å². The number of methoxy groups -OCH3 is 1. The number of carbonyl (C=O) groups excluding carboxylic acids is 2. The number of allylic oxidation sites excluding steroid dienone is 4. The largest absolute Gasteiger partial charge is 0.469 e. The van der Waals surface area contributed by atoms with Gasteiger partial charge < -0.3 is 4.74 Å². The second-order valence-corrected chi connectivity index (χ2v) is 3.77. The standard InChI is InChI=1S/C13H20O3/c1-11(6-4-8-12(2)10-14)7-5-9-13(15)16-3/h7-8,10H,4-6,9H2,1-3H3/b11-7+,12-8+. The Balaban J connectivity index is 3.79. The summed E-state index contributed by atoms with van der Waals surface area (Å²) in [5.41, 5.74) is 2.00. The Labute approximate surface area is 97.2 Å². The molecule has 0 rings (SSSR count). The van der Waals surface area contributed by atoms with Crippen LogP contribution in [0.4, 0.5) is 0 Å². The predicted octanol–water partition coefficient (Wildman–Crippen LogP) is 2.81. The van der Waals surface area contributed by atoms with Crippen molar-refractivity contribution in [2.75, 3.05) is 7.11 Å². The molecule has 0 aliphatic rings. The summed E-state index contributed by atoms with van der Waals surface area (Å²) < 4.78 is 4.54. The molecular weight excluding hydrogens is 204 g/mol. The van der Waals surface area contributed by atoms with Gasteiger partial charge in [0.2, 0.25) is 0 Å². The van der Waals surface area contributed by atoms with Crippen molar-refractivity contribution in [1.82, 2.24) is 0 Å². The minimum Gasteiger partial charge on any atom is -0.469 e. The summed E-state index contributed by atoms with van der Waals surface area (Å²) in [6, 6.07) is 0. The van der Waals surface area contributed by atoms with Crippen LogP contribution in [-0.2, 0) is 14.3 Å². The van der Waals surface area contributed by atoms with Crippen LogP contribution in [0.15, 0.2) is 23.3 Å². The van der Waals surface area contributed by atoms with Crippen molar-refractivity contribution in [3.63, 3.8) is 0 Å². The van der Waals surface area contributed by atoms with Gasteiger partial charge in [-0.3, -0.25) is 9.59 Å². The van der Waals surface area contributed by atoms with Gasteiger partial charge in [0.15, 0.2) is 0 Å². The molecule has 0 amide bonds. The van der Waals surface area contributed by atoms with Crippen molar-refractivity contribution in [2.24, 2.45) is 0 Å². The first kappa shape index (κ1) is 14.6. The van der Waals surface area contributed by atoms with E-state index in [0.717, 1.165) is 31.1 Å². The fourth-order valence-electron chi connectivity index (χ4n) is 1.22.